The molecule has 360 valence electrons. The van der Waals surface area contributed by atoms with Crippen molar-refractivity contribution in [3.05, 3.63) is 29.8 Å². The number of nitrogens with zero attached hydrogens (tertiary/aromatic N) is 2. The monoisotopic (exact) mass is 887 g/mol. The van der Waals surface area contributed by atoms with Gasteiger partial charge in [0.05, 0.1) is 60.3 Å². The van der Waals surface area contributed by atoms with Crippen molar-refractivity contribution in [3.63, 3.8) is 0 Å². The van der Waals surface area contributed by atoms with E-state index in [0.717, 1.165) is 14.5 Å². The van der Waals surface area contributed by atoms with Gasteiger partial charge in [-0.15, -0.1) is 0 Å². The number of hydrogen-bond acceptors (Lipinski definition) is 3. The van der Waals surface area contributed by atoms with E-state index >= 15 is 0 Å². The summed E-state index contributed by atoms with van der Waals surface area (Å²) in [6.45, 7) is 9.08. The first kappa shape index (κ1) is 63.6. The zero-order chi connectivity index (χ0) is 44.4. The predicted octanol–water partition coefficient (Wildman–Crippen LogP) is 13.4. The van der Waals surface area contributed by atoms with Crippen molar-refractivity contribution in [2.45, 2.75) is 257 Å². The molecule has 1 aromatic carbocycles. The van der Waals surface area contributed by atoms with E-state index in [9.17, 15) is 13.0 Å². The number of benzene rings is 1. The van der Waals surface area contributed by atoms with Crippen molar-refractivity contribution in [2.24, 2.45) is 0 Å². The van der Waals surface area contributed by atoms with Gasteiger partial charge in [0.15, 0.2) is 0 Å². The molecule has 0 unspecified atom stereocenters. The topological polar surface area (TPSA) is 57.2 Å². The zero-order valence-electron chi connectivity index (χ0n) is 42.1. The van der Waals surface area contributed by atoms with Gasteiger partial charge in [-0.3, -0.25) is 0 Å². The molecule has 1 aromatic rings. The highest BCUT2D eigenvalue weighted by molar-refractivity contribution is 7.85. The fraction of sp³-hybridized carbons (Fsp3) is 0.887. The summed E-state index contributed by atoms with van der Waals surface area (Å²) in [5.74, 6) is 0. The lowest BCUT2D eigenvalue weighted by atomic mass is 10.0. The quantitative estimate of drug-likeness (QED) is 0.0376. The molecule has 0 radical (unpaired) electrons. The average molecular weight is 888 g/mol. The molecule has 0 atom stereocenters. The lowest BCUT2D eigenvalue weighted by Gasteiger charge is -2.23. The Balaban J connectivity index is -0.000000856. The Morgan fingerprint density at radius 1 is 0.367 bits per heavy atom. The van der Waals surface area contributed by atoms with E-state index in [2.05, 4.69) is 56.1 Å². The second-order valence-corrected chi connectivity index (χ2v) is 21.7. The summed E-state index contributed by atoms with van der Waals surface area (Å²) in [4.78, 5) is -0.178. The van der Waals surface area contributed by atoms with E-state index in [1.54, 1.807) is 12.1 Å². The Morgan fingerprint density at radius 2 is 0.550 bits per heavy atom. The minimum absolute atomic E-state index is 0. The Hall–Kier alpha value is -0.660. The molecule has 0 spiro atoms. The molecule has 0 bridgehead atoms. The van der Waals surface area contributed by atoms with Crippen LogP contribution in [0.2, 0.25) is 0 Å². The summed E-state index contributed by atoms with van der Waals surface area (Å²) in [7, 11) is 9.53. The first-order valence-electron chi connectivity index (χ1n) is 25.8. The Morgan fingerprint density at radius 3 is 0.717 bits per heavy atom. The molecule has 0 aliphatic carbocycles. The number of hydrogen-bond donors (Lipinski definition) is 0. The molecule has 0 amide bonds. The molecular weight excluding hydrogens is 780 g/mol. The van der Waals surface area contributed by atoms with E-state index in [4.69, 9.17) is 0 Å². The van der Waals surface area contributed by atoms with Crippen LogP contribution in [0.15, 0.2) is 29.2 Å². The highest BCUT2D eigenvalue weighted by Crippen LogP contribution is 2.16. The first-order chi connectivity index (χ1) is 28.1. The molecule has 0 N–H and O–H groups in total. The summed E-state index contributed by atoms with van der Waals surface area (Å²) >= 11 is 0. The third kappa shape index (κ3) is 55.4. The van der Waals surface area contributed by atoms with E-state index < -0.39 is 10.1 Å². The summed E-state index contributed by atoms with van der Waals surface area (Å²) < 4.78 is 33.4. The third-order valence-corrected chi connectivity index (χ3v) is 12.5. The van der Waals surface area contributed by atoms with Crippen LogP contribution in [0.25, 0.3) is 0 Å². The molecule has 0 saturated carbocycles. The molecular formula is C53H107ClN2O3S. The first-order valence-corrected chi connectivity index (χ1v) is 27.2. The van der Waals surface area contributed by atoms with Gasteiger partial charge in [0.25, 0.3) is 0 Å². The van der Waals surface area contributed by atoms with Crippen molar-refractivity contribution < 1.29 is 34.3 Å². The third-order valence-electron chi connectivity index (χ3n) is 11.7. The van der Waals surface area contributed by atoms with Gasteiger partial charge in [-0.1, -0.05) is 237 Å². The maximum absolute atomic E-state index is 10.4. The highest BCUT2D eigenvalue weighted by atomic mass is 35.5. The Labute approximate surface area is 384 Å². The van der Waals surface area contributed by atoms with Crippen LogP contribution in [-0.2, 0) is 10.1 Å². The molecule has 0 aromatic heterocycles. The maximum Gasteiger partial charge on any atom is 0.124 e. The average Bonchev–Trinajstić information content (AvgIpc) is 3.16. The van der Waals surface area contributed by atoms with E-state index in [-0.39, 0.29) is 17.3 Å². The van der Waals surface area contributed by atoms with E-state index in [0.29, 0.717) is 0 Å². The lowest BCUT2D eigenvalue weighted by molar-refractivity contribution is -0.870. The smallest absolute Gasteiger partial charge is 0.124 e. The van der Waals surface area contributed by atoms with E-state index in [1.807, 2.05) is 6.92 Å². The summed E-state index contributed by atoms with van der Waals surface area (Å²) in [5, 5.41) is 0. The van der Waals surface area contributed by atoms with Crippen LogP contribution < -0.4 is 12.4 Å². The molecule has 0 aliphatic heterocycles. The fourth-order valence-electron chi connectivity index (χ4n) is 7.68. The van der Waals surface area contributed by atoms with Gasteiger partial charge in [-0.25, -0.2) is 8.42 Å². The second-order valence-electron chi connectivity index (χ2n) is 20.3. The van der Waals surface area contributed by atoms with Crippen molar-refractivity contribution in [1.82, 2.24) is 0 Å². The van der Waals surface area contributed by atoms with Gasteiger partial charge >= 0.3 is 0 Å². The maximum atomic E-state index is 10.4. The molecule has 60 heavy (non-hydrogen) atoms. The predicted molar refractivity (Wildman–Crippen MR) is 263 cm³/mol. The summed E-state index contributed by atoms with van der Waals surface area (Å²) in [6, 6.07) is 5.78. The molecule has 1 rings (SSSR count). The van der Waals surface area contributed by atoms with Gasteiger partial charge in [-0.2, -0.15) is 0 Å². The zero-order valence-corrected chi connectivity index (χ0v) is 43.7. The van der Waals surface area contributed by atoms with Crippen LogP contribution in [-0.4, -0.2) is 77.3 Å². The molecule has 0 aliphatic rings. The van der Waals surface area contributed by atoms with Crippen LogP contribution in [0.4, 0.5) is 0 Å². The second kappa shape index (κ2) is 44.9. The van der Waals surface area contributed by atoms with Crippen molar-refractivity contribution in [2.75, 3.05) is 55.4 Å². The van der Waals surface area contributed by atoms with Crippen LogP contribution in [0.5, 0.6) is 0 Å². The molecule has 5 nitrogen and oxygen atoms in total. The molecule has 0 heterocycles. The standard InChI is InChI=1S/2C23H50N.C7H8O3S.ClH/c2*1-5-6-7-8-9-10-11-12-13-14-15-16-17-18-19-20-21-22-23-24(2,3)4;1-6-2-4-7(5-3-6)11(8,9)10;/h2*5-23H2,1-4H3;2-5H,1H3,(H,8,9,10);1H/q2*+1;;/p-2. The van der Waals surface area contributed by atoms with Crippen LogP contribution in [0.3, 0.4) is 0 Å². The van der Waals surface area contributed by atoms with Crippen molar-refractivity contribution in [3.8, 4) is 0 Å². The Bertz CT molecular complexity index is 1030. The molecule has 0 fully saturated rings. The number of unbranched alkanes of at least 4 members (excludes halogenated alkanes) is 34. The molecule has 7 heteroatoms. The Kier molecular flexibility index (Phi) is 47.6. The minimum Gasteiger partial charge on any atom is -1.00 e. The van der Waals surface area contributed by atoms with Gasteiger partial charge in [0.1, 0.15) is 10.1 Å². The van der Waals surface area contributed by atoms with Gasteiger partial charge in [0.2, 0.25) is 0 Å². The fourth-order valence-corrected chi connectivity index (χ4v) is 8.15. The number of aryl methyl sites for hydroxylation is 1. The summed E-state index contributed by atoms with van der Waals surface area (Å²) in [6.07, 6.45) is 52.7. The van der Waals surface area contributed by atoms with Crippen LogP contribution in [0.1, 0.15) is 251 Å². The molecule has 0 saturated heterocycles. The number of quaternary nitrogens is 2. The van der Waals surface area contributed by atoms with Crippen molar-refractivity contribution in [1.29, 1.82) is 0 Å². The van der Waals surface area contributed by atoms with Crippen LogP contribution in [0, 0.1) is 6.92 Å². The SMILES string of the molecule is CCCCCCCCCCCCCCCCCCCC[N+](C)(C)C.CCCCCCCCCCCCCCCCCCCC[N+](C)(C)C.Cc1ccc(S(=O)(=O)[O-])cc1.[Cl-]. The van der Waals surface area contributed by atoms with Crippen LogP contribution >= 0.6 is 0 Å². The van der Waals surface area contributed by atoms with Crippen molar-refractivity contribution >= 4 is 10.1 Å². The van der Waals surface area contributed by atoms with E-state index in [1.165, 1.54) is 256 Å². The largest absolute Gasteiger partial charge is 1.00 e. The highest BCUT2D eigenvalue weighted by Gasteiger charge is 2.06. The minimum atomic E-state index is -4.27. The summed E-state index contributed by atoms with van der Waals surface area (Å²) in [5.41, 5.74) is 0.928. The number of halogens is 1. The van der Waals surface area contributed by atoms with Gasteiger partial charge < -0.3 is 25.9 Å². The lowest BCUT2D eigenvalue weighted by Crippen LogP contribution is -3.00. The van der Waals surface area contributed by atoms with Gasteiger partial charge in [-0.05, 0) is 44.7 Å². The number of rotatable bonds is 39. The van der Waals surface area contributed by atoms with Gasteiger partial charge in [0, 0.05) is 0 Å². The normalized spacial score (nSPS) is 11.7.